The standard InChI is InChI=1S/C42H49N3O4S/c1-31-16-14-15-17-32(31)28-41(24-26-43-27-25-41)38(47)44-29-37(46)36(45-39(48)49-40(2,3)4)30-50-42(33-18-8-5-9-19-33,34-20-10-6-11-21-34)35-22-12-7-13-23-35/h5-23,36,43H,24-30H2,1-4H3,(H,44,47)(H,45,48)/t36-/m0/s1. The lowest BCUT2D eigenvalue weighted by atomic mass is 9.72. The molecular weight excluding hydrogens is 643 g/mol. The van der Waals surface area contributed by atoms with Crippen molar-refractivity contribution in [2.75, 3.05) is 25.4 Å². The third-order valence-corrected chi connectivity index (χ3v) is 11.0. The number of rotatable bonds is 13. The Morgan fingerprint density at radius 1 is 0.780 bits per heavy atom. The maximum Gasteiger partial charge on any atom is 0.408 e. The van der Waals surface area contributed by atoms with Gasteiger partial charge >= 0.3 is 6.09 Å². The molecular formula is C42H49N3O4S. The average molecular weight is 692 g/mol. The normalized spacial score (nSPS) is 15.0. The minimum Gasteiger partial charge on any atom is -0.444 e. The first-order valence-corrected chi connectivity index (χ1v) is 18.4. The first-order valence-electron chi connectivity index (χ1n) is 17.4. The predicted molar refractivity (Wildman–Crippen MR) is 202 cm³/mol. The number of thioether (sulfide) groups is 1. The number of amides is 2. The maximum atomic E-state index is 14.2. The van der Waals surface area contributed by atoms with Crippen LogP contribution in [0, 0.1) is 12.3 Å². The second-order valence-electron chi connectivity index (χ2n) is 14.1. The molecule has 0 spiro atoms. The highest BCUT2D eigenvalue weighted by Gasteiger charge is 2.41. The summed E-state index contributed by atoms with van der Waals surface area (Å²) in [6.07, 6.45) is 1.27. The second-order valence-corrected chi connectivity index (χ2v) is 15.3. The predicted octanol–water partition coefficient (Wildman–Crippen LogP) is 7.21. The SMILES string of the molecule is Cc1ccccc1CC1(C(=O)NCC(=O)[C@H](CSC(c2ccccc2)(c2ccccc2)c2ccccc2)NC(=O)OC(C)(C)C)CCNCC1. The number of alkyl carbamates (subject to hydrolysis) is 1. The number of piperidine rings is 1. The van der Waals surface area contributed by atoms with Gasteiger partial charge in [-0.25, -0.2) is 4.79 Å². The van der Waals surface area contributed by atoms with E-state index >= 15 is 0 Å². The molecule has 4 aromatic rings. The molecule has 0 bridgehead atoms. The Morgan fingerprint density at radius 3 is 1.78 bits per heavy atom. The molecule has 1 atom stereocenters. The Kier molecular flexibility index (Phi) is 12.2. The average Bonchev–Trinajstić information content (AvgIpc) is 3.12. The highest BCUT2D eigenvalue weighted by molar-refractivity contribution is 8.00. The van der Waals surface area contributed by atoms with Crippen molar-refractivity contribution in [1.82, 2.24) is 16.0 Å². The van der Waals surface area contributed by atoms with E-state index in [1.165, 1.54) is 0 Å². The molecule has 1 aliphatic rings. The van der Waals surface area contributed by atoms with Gasteiger partial charge in [-0.1, -0.05) is 115 Å². The van der Waals surface area contributed by atoms with Crippen molar-refractivity contribution in [3.05, 3.63) is 143 Å². The lowest BCUT2D eigenvalue weighted by molar-refractivity contribution is -0.134. The zero-order valence-electron chi connectivity index (χ0n) is 29.5. The number of ether oxygens (including phenoxy) is 1. The molecule has 8 heteroatoms. The molecule has 1 aliphatic heterocycles. The molecule has 0 aromatic heterocycles. The van der Waals surface area contributed by atoms with Crippen molar-refractivity contribution in [2.45, 2.75) is 63.3 Å². The van der Waals surface area contributed by atoms with Crippen LogP contribution in [-0.2, 0) is 25.5 Å². The van der Waals surface area contributed by atoms with Crippen molar-refractivity contribution in [1.29, 1.82) is 0 Å². The van der Waals surface area contributed by atoms with Crippen LogP contribution in [0.25, 0.3) is 0 Å². The summed E-state index contributed by atoms with van der Waals surface area (Å²) < 4.78 is 4.91. The molecule has 1 heterocycles. The molecule has 5 rings (SSSR count). The van der Waals surface area contributed by atoms with Crippen molar-refractivity contribution >= 4 is 29.5 Å². The fraction of sp³-hybridized carbons (Fsp3) is 0.357. The van der Waals surface area contributed by atoms with Gasteiger partial charge in [-0.3, -0.25) is 9.59 Å². The number of benzene rings is 4. The molecule has 50 heavy (non-hydrogen) atoms. The van der Waals surface area contributed by atoms with Crippen LogP contribution < -0.4 is 16.0 Å². The molecule has 0 saturated carbocycles. The number of hydrogen-bond donors (Lipinski definition) is 3. The Hall–Kier alpha value is -4.40. The summed E-state index contributed by atoms with van der Waals surface area (Å²) in [5.74, 6) is -0.198. The van der Waals surface area contributed by atoms with Gasteiger partial charge in [0.1, 0.15) is 11.6 Å². The van der Waals surface area contributed by atoms with Gasteiger partial charge in [0.2, 0.25) is 5.91 Å². The number of carbonyl (C=O) groups is 3. The highest BCUT2D eigenvalue weighted by Crippen LogP contribution is 2.48. The molecule has 7 nitrogen and oxygen atoms in total. The Balaban J connectivity index is 1.43. The van der Waals surface area contributed by atoms with Gasteiger partial charge in [0, 0.05) is 5.75 Å². The van der Waals surface area contributed by atoms with Crippen molar-refractivity contribution < 1.29 is 19.1 Å². The van der Waals surface area contributed by atoms with Gasteiger partial charge < -0.3 is 20.7 Å². The molecule has 0 unspecified atom stereocenters. The second kappa shape index (κ2) is 16.5. The van der Waals surface area contributed by atoms with E-state index in [1.54, 1.807) is 32.5 Å². The molecule has 2 amide bonds. The zero-order valence-corrected chi connectivity index (χ0v) is 30.4. The van der Waals surface area contributed by atoms with Crippen molar-refractivity contribution in [3.8, 4) is 0 Å². The summed E-state index contributed by atoms with van der Waals surface area (Å²) in [7, 11) is 0. The Bertz CT molecular complexity index is 1620. The van der Waals surface area contributed by atoms with Gasteiger partial charge in [0.25, 0.3) is 0 Å². The zero-order chi connectivity index (χ0) is 35.6. The van der Waals surface area contributed by atoms with Crippen molar-refractivity contribution in [2.24, 2.45) is 5.41 Å². The Morgan fingerprint density at radius 2 is 1.28 bits per heavy atom. The number of nitrogens with one attached hydrogen (secondary N) is 3. The molecule has 262 valence electrons. The van der Waals surface area contributed by atoms with Crippen molar-refractivity contribution in [3.63, 3.8) is 0 Å². The van der Waals surface area contributed by atoms with Gasteiger partial charge in [0.05, 0.1) is 16.7 Å². The summed E-state index contributed by atoms with van der Waals surface area (Å²) in [4.78, 5) is 41.4. The Labute approximate surface area is 301 Å². The third-order valence-electron chi connectivity index (χ3n) is 9.34. The summed E-state index contributed by atoms with van der Waals surface area (Å²) in [5, 5.41) is 9.25. The van der Waals surface area contributed by atoms with Crippen LogP contribution in [0.1, 0.15) is 61.4 Å². The van der Waals surface area contributed by atoms with E-state index < -0.39 is 27.9 Å². The topological polar surface area (TPSA) is 96.5 Å². The van der Waals surface area contributed by atoms with E-state index in [0.29, 0.717) is 19.3 Å². The van der Waals surface area contributed by atoms with Crippen LogP contribution in [0.2, 0.25) is 0 Å². The summed E-state index contributed by atoms with van der Waals surface area (Å²) >= 11 is 1.58. The quantitative estimate of drug-likeness (QED) is 0.128. The molecule has 3 N–H and O–H groups in total. The first-order chi connectivity index (χ1) is 24.0. The third kappa shape index (κ3) is 9.03. The smallest absolute Gasteiger partial charge is 0.408 e. The van der Waals surface area contributed by atoms with Crippen LogP contribution in [0.15, 0.2) is 115 Å². The molecule has 0 radical (unpaired) electrons. The number of carbonyl (C=O) groups excluding carboxylic acids is 3. The summed E-state index contributed by atoms with van der Waals surface area (Å²) in [5.41, 5.74) is 4.03. The molecule has 1 saturated heterocycles. The molecule has 0 aliphatic carbocycles. The van der Waals surface area contributed by atoms with Crippen LogP contribution >= 0.6 is 11.8 Å². The monoisotopic (exact) mass is 691 g/mol. The molecule has 4 aromatic carbocycles. The summed E-state index contributed by atoms with van der Waals surface area (Å²) in [6, 6.07) is 37.8. The van der Waals surface area contributed by atoms with E-state index in [4.69, 9.17) is 4.74 Å². The maximum absolute atomic E-state index is 14.2. The lowest BCUT2D eigenvalue weighted by Crippen LogP contribution is -2.53. The number of aryl methyl sites for hydroxylation is 1. The fourth-order valence-corrected chi connectivity index (χ4v) is 8.28. The van der Waals surface area contributed by atoms with Crippen LogP contribution in [0.4, 0.5) is 4.79 Å². The van der Waals surface area contributed by atoms with E-state index in [9.17, 15) is 14.4 Å². The van der Waals surface area contributed by atoms with E-state index in [2.05, 4.69) is 71.4 Å². The van der Waals surface area contributed by atoms with E-state index in [0.717, 1.165) is 40.9 Å². The van der Waals surface area contributed by atoms with Crippen LogP contribution in [-0.4, -0.2) is 54.8 Å². The van der Waals surface area contributed by atoms with Crippen LogP contribution in [0.5, 0.6) is 0 Å². The number of Topliss-reactive ketones (excluding diaryl/α,β-unsaturated/α-hetero) is 1. The van der Waals surface area contributed by atoms with Gasteiger partial charge in [-0.15, -0.1) is 11.8 Å². The van der Waals surface area contributed by atoms with Crippen LogP contribution in [0.3, 0.4) is 0 Å². The number of hydrogen-bond acceptors (Lipinski definition) is 6. The minimum absolute atomic E-state index is 0.133. The van der Waals surface area contributed by atoms with E-state index in [1.807, 2.05) is 66.7 Å². The first kappa shape index (κ1) is 36.9. The minimum atomic E-state index is -0.939. The van der Waals surface area contributed by atoms with Gasteiger partial charge in [-0.05, 0) is 87.9 Å². The summed E-state index contributed by atoms with van der Waals surface area (Å²) in [6.45, 7) is 8.68. The van der Waals surface area contributed by atoms with Gasteiger partial charge in [-0.2, -0.15) is 0 Å². The molecule has 1 fully saturated rings. The number of ketones is 1. The fourth-order valence-electron chi connectivity index (χ4n) is 6.68. The van der Waals surface area contributed by atoms with Gasteiger partial charge in [0.15, 0.2) is 5.78 Å². The van der Waals surface area contributed by atoms with E-state index in [-0.39, 0.29) is 24.0 Å². The highest BCUT2D eigenvalue weighted by atomic mass is 32.2. The largest absolute Gasteiger partial charge is 0.444 e. The lowest BCUT2D eigenvalue weighted by Gasteiger charge is -2.37.